The Morgan fingerprint density at radius 3 is 2.89 bits per heavy atom. The van der Waals surface area contributed by atoms with Crippen molar-refractivity contribution in [3.63, 3.8) is 0 Å². The Bertz CT molecular complexity index is 561. The van der Waals surface area contributed by atoms with Crippen LogP contribution in [0.4, 0.5) is 5.69 Å². The van der Waals surface area contributed by atoms with Gasteiger partial charge in [0, 0.05) is 24.3 Å². The third kappa shape index (κ3) is 2.62. The van der Waals surface area contributed by atoms with Gasteiger partial charge in [0.2, 0.25) is 0 Å². The minimum atomic E-state index is 0.616. The van der Waals surface area contributed by atoms with E-state index in [1.807, 2.05) is 11.6 Å². The van der Waals surface area contributed by atoms with Crippen LogP contribution >= 0.6 is 0 Å². The van der Waals surface area contributed by atoms with Crippen LogP contribution in [0.1, 0.15) is 26.2 Å². The van der Waals surface area contributed by atoms with E-state index in [-0.39, 0.29) is 0 Å². The predicted octanol–water partition coefficient (Wildman–Crippen LogP) is 3.08. The van der Waals surface area contributed by atoms with Crippen LogP contribution in [0, 0.1) is 5.92 Å². The van der Waals surface area contributed by atoms with E-state index in [4.69, 9.17) is 0 Å². The van der Waals surface area contributed by atoms with Crippen molar-refractivity contribution in [1.82, 2.24) is 14.8 Å². The molecule has 1 N–H and O–H groups in total. The van der Waals surface area contributed by atoms with Gasteiger partial charge in [-0.3, -0.25) is 0 Å². The monoisotopic (exact) mass is 256 g/mol. The van der Waals surface area contributed by atoms with Gasteiger partial charge in [-0.05, 0) is 37.3 Å². The number of anilines is 1. The van der Waals surface area contributed by atoms with Crippen LogP contribution in [-0.4, -0.2) is 20.8 Å². The molecule has 0 aliphatic heterocycles. The molecule has 1 aromatic carbocycles. The summed E-state index contributed by atoms with van der Waals surface area (Å²) in [5.41, 5.74) is 2.29. The van der Waals surface area contributed by atoms with Crippen LogP contribution in [0.5, 0.6) is 0 Å². The second-order valence-electron chi connectivity index (χ2n) is 5.61. The van der Waals surface area contributed by atoms with Crippen molar-refractivity contribution in [2.45, 2.75) is 32.2 Å². The fourth-order valence-electron chi connectivity index (χ4n) is 2.87. The Kier molecular flexibility index (Phi) is 3.23. The molecule has 0 spiro atoms. The Labute approximate surface area is 113 Å². The minimum Gasteiger partial charge on any atom is -0.382 e. The summed E-state index contributed by atoms with van der Waals surface area (Å²) in [4.78, 5) is 0. The van der Waals surface area contributed by atoms with Gasteiger partial charge >= 0.3 is 0 Å². The number of aryl methyl sites for hydroxylation is 1. The highest BCUT2D eigenvalue weighted by Gasteiger charge is 2.20. The van der Waals surface area contributed by atoms with E-state index < -0.39 is 0 Å². The lowest BCUT2D eigenvalue weighted by Gasteiger charge is -2.14. The van der Waals surface area contributed by atoms with Gasteiger partial charge < -0.3 is 9.88 Å². The standard InChI is InChI=1S/C15H20N4/c1-11-6-7-14(8-11)17-13-5-3-4-12(9-13)15-18-16-10-19(15)2/h3-5,9-11,14,17H,6-8H2,1-2H3. The zero-order valence-electron chi connectivity index (χ0n) is 11.5. The van der Waals surface area contributed by atoms with E-state index in [1.165, 1.54) is 24.9 Å². The highest BCUT2D eigenvalue weighted by Crippen LogP contribution is 2.28. The van der Waals surface area contributed by atoms with Crippen molar-refractivity contribution in [2.24, 2.45) is 13.0 Å². The highest BCUT2D eigenvalue weighted by molar-refractivity contribution is 5.62. The quantitative estimate of drug-likeness (QED) is 0.917. The first-order valence-electron chi connectivity index (χ1n) is 6.93. The molecule has 100 valence electrons. The third-order valence-corrected chi connectivity index (χ3v) is 3.90. The van der Waals surface area contributed by atoms with Crippen molar-refractivity contribution in [3.05, 3.63) is 30.6 Å². The van der Waals surface area contributed by atoms with Crippen molar-refractivity contribution in [2.75, 3.05) is 5.32 Å². The Balaban J connectivity index is 1.79. The maximum Gasteiger partial charge on any atom is 0.163 e. The average Bonchev–Trinajstić information content (AvgIpc) is 2.99. The summed E-state index contributed by atoms with van der Waals surface area (Å²) in [5, 5.41) is 11.7. The second-order valence-corrected chi connectivity index (χ2v) is 5.61. The summed E-state index contributed by atoms with van der Waals surface area (Å²) in [6, 6.07) is 9.05. The molecule has 2 aromatic rings. The molecule has 0 bridgehead atoms. The van der Waals surface area contributed by atoms with Gasteiger partial charge in [0.15, 0.2) is 5.82 Å². The van der Waals surface area contributed by atoms with Gasteiger partial charge in [-0.1, -0.05) is 19.1 Å². The molecule has 4 heteroatoms. The van der Waals surface area contributed by atoms with Gasteiger partial charge in [0.25, 0.3) is 0 Å². The largest absolute Gasteiger partial charge is 0.382 e. The van der Waals surface area contributed by atoms with E-state index in [0.717, 1.165) is 17.3 Å². The molecule has 1 fully saturated rings. The van der Waals surface area contributed by atoms with E-state index in [9.17, 15) is 0 Å². The van der Waals surface area contributed by atoms with Gasteiger partial charge in [-0.15, -0.1) is 10.2 Å². The summed E-state index contributed by atoms with van der Waals surface area (Å²) in [6.07, 6.45) is 5.61. The van der Waals surface area contributed by atoms with Crippen LogP contribution in [0.25, 0.3) is 11.4 Å². The molecule has 19 heavy (non-hydrogen) atoms. The molecule has 2 unspecified atom stereocenters. The van der Waals surface area contributed by atoms with Gasteiger partial charge in [0.05, 0.1) is 0 Å². The molecule has 1 aliphatic rings. The molecule has 3 rings (SSSR count). The number of nitrogens with zero attached hydrogens (tertiary/aromatic N) is 3. The van der Waals surface area contributed by atoms with Gasteiger partial charge in [-0.2, -0.15) is 0 Å². The number of hydrogen-bond donors (Lipinski definition) is 1. The van der Waals surface area contributed by atoms with Crippen LogP contribution in [-0.2, 0) is 7.05 Å². The number of hydrogen-bond acceptors (Lipinski definition) is 3. The Morgan fingerprint density at radius 2 is 2.21 bits per heavy atom. The van der Waals surface area contributed by atoms with E-state index in [2.05, 4.69) is 46.7 Å². The van der Waals surface area contributed by atoms with Crippen LogP contribution in [0.2, 0.25) is 0 Å². The molecular weight excluding hydrogens is 236 g/mol. The molecule has 4 nitrogen and oxygen atoms in total. The number of nitrogens with one attached hydrogen (secondary N) is 1. The topological polar surface area (TPSA) is 42.7 Å². The molecule has 2 atom stereocenters. The predicted molar refractivity (Wildman–Crippen MR) is 76.9 cm³/mol. The van der Waals surface area contributed by atoms with E-state index in [1.54, 1.807) is 6.33 Å². The van der Waals surface area contributed by atoms with E-state index >= 15 is 0 Å². The molecule has 0 saturated heterocycles. The summed E-state index contributed by atoms with van der Waals surface area (Å²) >= 11 is 0. The molecule has 0 amide bonds. The summed E-state index contributed by atoms with van der Waals surface area (Å²) in [6.45, 7) is 2.33. The number of aromatic nitrogens is 3. The lowest BCUT2D eigenvalue weighted by molar-refractivity contribution is 0.602. The highest BCUT2D eigenvalue weighted by atomic mass is 15.2. The zero-order chi connectivity index (χ0) is 13.2. The maximum absolute atomic E-state index is 4.16. The van der Waals surface area contributed by atoms with Crippen LogP contribution in [0.3, 0.4) is 0 Å². The first-order chi connectivity index (χ1) is 9.22. The van der Waals surface area contributed by atoms with Crippen molar-refractivity contribution in [1.29, 1.82) is 0 Å². The van der Waals surface area contributed by atoms with Crippen LogP contribution < -0.4 is 5.32 Å². The molecule has 1 aromatic heterocycles. The van der Waals surface area contributed by atoms with Gasteiger partial charge in [-0.25, -0.2) is 0 Å². The fraction of sp³-hybridized carbons (Fsp3) is 0.467. The normalized spacial score (nSPS) is 22.6. The number of benzene rings is 1. The number of rotatable bonds is 3. The van der Waals surface area contributed by atoms with E-state index in [0.29, 0.717) is 6.04 Å². The molecule has 1 heterocycles. The Hall–Kier alpha value is -1.84. The molecule has 0 radical (unpaired) electrons. The van der Waals surface area contributed by atoms with Crippen LogP contribution in [0.15, 0.2) is 30.6 Å². The molecular formula is C15H20N4. The Morgan fingerprint density at radius 1 is 1.32 bits per heavy atom. The summed E-state index contributed by atoms with van der Waals surface area (Å²) in [7, 11) is 1.97. The summed E-state index contributed by atoms with van der Waals surface area (Å²) < 4.78 is 1.94. The maximum atomic E-state index is 4.16. The minimum absolute atomic E-state index is 0.616. The average molecular weight is 256 g/mol. The zero-order valence-corrected chi connectivity index (χ0v) is 11.5. The lowest BCUT2D eigenvalue weighted by Crippen LogP contribution is -2.15. The molecule has 1 saturated carbocycles. The summed E-state index contributed by atoms with van der Waals surface area (Å²) in [5.74, 6) is 1.75. The first kappa shape index (κ1) is 12.2. The lowest BCUT2D eigenvalue weighted by atomic mass is 10.1. The first-order valence-corrected chi connectivity index (χ1v) is 6.93. The van der Waals surface area contributed by atoms with Crippen molar-refractivity contribution < 1.29 is 0 Å². The smallest absolute Gasteiger partial charge is 0.163 e. The van der Waals surface area contributed by atoms with Crippen molar-refractivity contribution >= 4 is 5.69 Å². The fourth-order valence-corrected chi connectivity index (χ4v) is 2.87. The molecule has 1 aliphatic carbocycles. The third-order valence-electron chi connectivity index (χ3n) is 3.90. The van der Waals surface area contributed by atoms with Gasteiger partial charge in [0.1, 0.15) is 6.33 Å². The SMILES string of the molecule is CC1CCC(Nc2cccc(-c3nncn3C)c2)C1. The van der Waals surface area contributed by atoms with Crippen molar-refractivity contribution in [3.8, 4) is 11.4 Å². The second kappa shape index (κ2) is 5.03.